The van der Waals surface area contributed by atoms with Crippen molar-refractivity contribution >= 4 is 29.1 Å². The maximum Gasteiger partial charge on any atom is 0.303 e. The number of ether oxygens (including phenoxy) is 1. The molecule has 1 saturated heterocycles. The summed E-state index contributed by atoms with van der Waals surface area (Å²) in [5, 5.41) is 3.31. The summed E-state index contributed by atoms with van der Waals surface area (Å²) in [6, 6.07) is 16.2. The number of hydrogen-bond donors (Lipinski definition) is 1. The van der Waals surface area contributed by atoms with E-state index in [1.807, 2.05) is 30.3 Å². The fourth-order valence-electron chi connectivity index (χ4n) is 2.84. The molecular formula is C20H17ClN2O3. The molecule has 2 amide bonds. The molecule has 0 unspecified atom stereocenters. The van der Waals surface area contributed by atoms with Crippen LogP contribution in [0.4, 0.5) is 5.69 Å². The van der Waals surface area contributed by atoms with Gasteiger partial charge in [-0.05, 0) is 29.7 Å². The largest absolute Gasteiger partial charge is 0.375 e. The number of amides is 2. The van der Waals surface area contributed by atoms with Gasteiger partial charge in [0.05, 0.1) is 13.2 Å². The van der Waals surface area contributed by atoms with E-state index in [0.717, 1.165) is 5.56 Å². The number of nitrogens with one attached hydrogen (secondary N) is 1. The van der Waals surface area contributed by atoms with Crippen molar-refractivity contribution in [3.05, 3.63) is 65.2 Å². The maximum atomic E-state index is 13.0. The number of terminal acetylenes is 1. The van der Waals surface area contributed by atoms with Crippen LogP contribution in [0.5, 0.6) is 0 Å². The molecule has 1 fully saturated rings. The Morgan fingerprint density at radius 2 is 1.92 bits per heavy atom. The monoisotopic (exact) mass is 368 g/mol. The van der Waals surface area contributed by atoms with Crippen LogP contribution in [0.15, 0.2) is 54.6 Å². The summed E-state index contributed by atoms with van der Waals surface area (Å²) in [6.45, 7) is 0.468. The lowest BCUT2D eigenvalue weighted by atomic mass is 9.92. The molecule has 1 aliphatic rings. The minimum Gasteiger partial charge on any atom is -0.375 e. The summed E-state index contributed by atoms with van der Waals surface area (Å²) in [5.41, 5.74) is 0.218. The summed E-state index contributed by atoms with van der Waals surface area (Å²) in [7, 11) is 0. The molecule has 1 N–H and O–H groups in total. The Morgan fingerprint density at radius 1 is 1.19 bits per heavy atom. The fourth-order valence-corrected chi connectivity index (χ4v) is 3.02. The zero-order valence-corrected chi connectivity index (χ0v) is 14.7. The molecule has 0 aromatic heterocycles. The normalized spacial score (nSPS) is 14.6. The molecule has 2 aromatic carbocycles. The second kappa shape index (κ2) is 7.61. The summed E-state index contributed by atoms with van der Waals surface area (Å²) in [4.78, 5) is 26.7. The number of rotatable bonds is 5. The van der Waals surface area contributed by atoms with E-state index in [4.69, 9.17) is 22.8 Å². The van der Waals surface area contributed by atoms with Gasteiger partial charge in [-0.3, -0.25) is 14.5 Å². The van der Waals surface area contributed by atoms with Crippen molar-refractivity contribution < 1.29 is 14.3 Å². The summed E-state index contributed by atoms with van der Waals surface area (Å²) in [6.07, 6.45) is 5.34. The Morgan fingerprint density at radius 3 is 2.50 bits per heavy atom. The smallest absolute Gasteiger partial charge is 0.303 e. The van der Waals surface area contributed by atoms with Gasteiger partial charge in [-0.25, -0.2) is 0 Å². The molecule has 0 saturated carbocycles. The molecule has 2 aromatic rings. The van der Waals surface area contributed by atoms with Crippen LogP contribution in [0.2, 0.25) is 5.02 Å². The van der Waals surface area contributed by atoms with Gasteiger partial charge in [-0.15, -0.1) is 6.42 Å². The number of carbonyl (C=O) groups is 2. The minimum atomic E-state index is -1.19. The SMILES string of the molecule is C#CC(=O)N(c1cccc(Cl)c1)C1(C(=O)NCc2ccccc2)COC1. The molecule has 0 atom stereocenters. The van der Waals surface area contributed by atoms with E-state index in [-0.39, 0.29) is 19.1 Å². The van der Waals surface area contributed by atoms with E-state index in [1.165, 1.54) is 4.90 Å². The number of hydrogen-bond acceptors (Lipinski definition) is 3. The third-order valence-corrected chi connectivity index (χ3v) is 4.46. The number of nitrogens with zero attached hydrogens (tertiary/aromatic N) is 1. The van der Waals surface area contributed by atoms with Crippen LogP contribution in [0.25, 0.3) is 0 Å². The van der Waals surface area contributed by atoms with Crippen LogP contribution in [0, 0.1) is 12.3 Å². The Bertz CT molecular complexity index is 857. The third-order valence-electron chi connectivity index (χ3n) is 4.22. The van der Waals surface area contributed by atoms with Crippen LogP contribution < -0.4 is 10.2 Å². The third kappa shape index (κ3) is 3.43. The van der Waals surface area contributed by atoms with Crippen molar-refractivity contribution in [1.82, 2.24) is 5.32 Å². The van der Waals surface area contributed by atoms with Gasteiger partial charge in [0.1, 0.15) is 0 Å². The summed E-state index contributed by atoms with van der Waals surface area (Å²) in [5.74, 6) is 1.15. The van der Waals surface area contributed by atoms with Crippen LogP contribution >= 0.6 is 11.6 Å². The number of anilines is 1. The Balaban J connectivity index is 1.88. The summed E-state index contributed by atoms with van der Waals surface area (Å²) >= 11 is 6.05. The van der Waals surface area contributed by atoms with E-state index in [0.29, 0.717) is 17.3 Å². The second-order valence-electron chi connectivity index (χ2n) is 5.96. The molecule has 0 bridgehead atoms. The average molecular weight is 369 g/mol. The van der Waals surface area contributed by atoms with Crippen LogP contribution in [0.3, 0.4) is 0 Å². The molecule has 0 radical (unpaired) electrons. The highest BCUT2D eigenvalue weighted by Crippen LogP contribution is 2.32. The van der Waals surface area contributed by atoms with Crippen molar-refractivity contribution in [2.24, 2.45) is 0 Å². The zero-order chi connectivity index (χ0) is 18.6. The number of benzene rings is 2. The molecule has 5 nitrogen and oxygen atoms in total. The van der Waals surface area contributed by atoms with Gasteiger partial charge in [0, 0.05) is 17.3 Å². The molecule has 3 rings (SSSR count). The Labute approximate surface area is 156 Å². The molecule has 132 valence electrons. The Kier molecular flexibility index (Phi) is 5.27. The predicted octanol–water partition coefficient (Wildman–Crippen LogP) is 2.39. The topological polar surface area (TPSA) is 58.6 Å². The van der Waals surface area contributed by atoms with Gasteiger partial charge in [0.15, 0.2) is 5.54 Å². The molecule has 0 spiro atoms. The van der Waals surface area contributed by atoms with Gasteiger partial charge >= 0.3 is 5.91 Å². The first kappa shape index (κ1) is 18.0. The standard InChI is InChI=1S/C20H17ClN2O3/c1-2-18(24)23(17-10-6-9-16(21)11-17)20(13-26-14-20)19(25)22-12-15-7-4-3-5-8-15/h1,3-11H,12-14H2,(H,22,25). The first-order valence-corrected chi connectivity index (χ1v) is 8.41. The highest BCUT2D eigenvalue weighted by molar-refractivity contribution is 6.31. The van der Waals surface area contributed by atoms with Gasteiger partial charge in [0.2, 0.25) is 0 Å². The lowest BCUT2D eigenvalue weighted by molar-refractivity contribution is -0.147. The van der Waals surface area contributed by atoms with Crippen molar-refractivity contribution in [3.8, 4) is 12.3 Å². The van der Waals surface area contributed by atoms with Gasteiger partial charge in [0.25, 0.3) is 5.91 Å². The van der Waals surface area contributed by atoms with Gasteiger partial charge < -0.3 is 10.1 Å². The van der Waals surface area contributed by atoms with E-state index in [9.17, 15) is 9.59 Å². The van der Waals surface area contributed by atoms with E-state index in [2.05, 4.69) is 11.2 Å². The number of halogens is 1. The predicted molar refractivity (Wildman–Crippen MR) is 99.6 cm³/mol. The number of carbonyl (C=O) groups excluding carboxylic acids is 2. The quantitative estimate of drug-likeness (QED) is 0.824. The average Bonchev–Trinajstić information content (AvgIpc) is 2.62. The molecule has 1 aliphatic heterocycles. The summed E-state index contributed by atoms with van der Waals surface area (Å²) < 4.78 is 5.28. The molecule has 1 heterocycles. The van der Waals surface area contributed by atoms with Crippen molar-refractivity contribution in [2.75, 3.05) is 18.1 Å². The van der Waals surface area contributed by atoms with E-state index < -0.39 is 11.4 Å². The second-order valence-corrected chi connectivity index (χ2v) is 6.39. The zero-order valence-electron chi connectivity index (χ0n) is 13.9. The van der Waals surface area contributed by atoms with E-state index >= 15 is 0 Å². The van der Waals surface area contributed by atoms with Gasteiger partial charge in [-0.2, -0.15) is 0 Å². The maximum absolute atomic E-state index is 13.0. The molecule has 6 heteroatoms. The molecular weight excluding hydrogens is 352 g/mol. The van der Waals surface area contributed by atoms with Crippen LogP contribution in [-0.4, -0.2) is 30.6 Å². The van der Waals surface area contributed by atoms with Crippen LogP contribution in [0.1, 0.15) is 5.56 Å². The molecule has 26 heavy (non-hydrogen) atoms. The first-order chi connectivity index (χ1) is 12.6. The van der Waals surface area contributed by atoms with Gasteiger partial charge in [-0.1, -0.05) is 48.0 Å². The van der Waals surface area contributed by atoms with Crippen molar-refractivity contribution in [1.29, 1.82) is 0 Å². The lowest BCUT2D eigenvalue weighted by Crippen LogP contribution is -2.71. The highest BCUT2D eigenvalue weighted by atomic mass is 35.5. The Hall–Kier alpha value is -2.81. The van der Waals surface area contributed by atoms with E-state index in [1.54, 1.807) is 24.3 Å². The molecule has 0 aliphatic carbocycles. The lowest BCUT2D eigenvalue weighted by Gasteiger charge is -2.47. The first-order valence-electron chi connectivity index (χ1n) is 8.03. The minimum absolute atomic E-state index is 0.0631. The highest BCUT2D eigenvalue weighted by Gasteiger charge is 2.53. The van der Waals surface area contributed by atoms with Crippen molar-refractivity contribution in [3.63, 3.8) is 0 Å². The van der Waals surface area contributed by atoms with Crippen molar-refractivity contribution in [2.45, 2.75) is 12.1 Å². The van der Waals surface area contributed by atoms with Crippen LogP contribution in [-0.2, 0) is 20.9 Å². The fraction of sp³-hybridized carbons (Fsp3) is 0.200.